The van der Waals surface area contributed by atoms with Crippen molar-refractivity contribution in [1.82, 2.24) is 9.97 Å². The zero-order valence-electron chi connectivity index (χ0n) is 8.18. The van der Waals surface area contributed by atoms with Crippen LogP contribution in [0.2, 0.25) is 0 Å². The molecule has 1 aliphatic carbocycles. The van der Waals surface area contributed by atoms with Gasteiger partial charge >= 0.3 is 0 Å². The van der Waals surface area contributed by atoms with Gasteiger partial charge in [0.2, 0.25) is 0 Å². The van der Waals surface area contributed by atoms with Crippen molar-refractivity contribution >= 4 is 11.3 Å². The van der Waals surface area contributed by atoms with E-state index in [9.17, 15) is 0 Å². The Morgan fingerprint density at radius 3 is 2.67 bits per heavy atom. The lowest BCUT2D eigenvalue weighted by atomic mass is 10.2. The Balaban J connectivity index is 1.97. The van der Waals surface area contributed by atoms with Crippen LogP contribution in [0.1, 0.15) is 17.8 Å². The van der Waals surface area contributed by atoms with Crippen LogP contribution in [0.4, 0.5) is 0 Å². The quantitative estimate of drug-likeness (QED) is 0.838. The van der Waals surface area contributed by atoms with Crippen LogP contribution in [-0.4, -0.2) is 9.97 Å². The highest BCUT2D eigenvalue weighted by molar-refractivity contribution is 7.10. The van der Waals surface area contributed by atoms with Gasteiger partial charge in [-0.15, -0.1) is 11.3 Å². The van der Waals surface area contributed by atoms with Crippen LogP contribution in [-0.2, 0) is 5.54 Å². The van der Waals surface area contributed by atoms with Gasteiger partial charge in [-0.05, 0) is 25.0 Å². The summed E-state index contributed by atoms with van der Waals surface area (Å²) in [5, 5.41) is 3.13. The number of hydrogen-bond acceptors (Lipinski definition) is 4. The van der Waals surface area contributed by atoms with Crippen LogP contribution >= 0.6 is 11.3 Å². The maximum atomic E-state index is 6.09. The third kappa shape index (κ3) is 1.56. The van der Waals surface area contributed by atoms with Crippen LogP contribution in [0.3, 0.4) is 0 Å². The molecule has 0 saturated heterocycles. The summed E-state index contributed by atoms with van der Waals surface area (Å²) < 4.78 is 0. The van der Waals surface area contributed by atoms with Gasteiger partial charge < -0.3 is 5.73 Å². The molecule has 0 spiro atoms. The molecule has 0 unspecified atom stereocenters. The Morgan fingerprint density at radius 2 is 2.00 bits per heavy atom. The number of nitrogens with two attached hydrogens (primary N) is 1. The SMILES string of the molecule is NC1(c2nc(-c3ccncc3)cs2)CC1. The monoisotopic (exact) mass is 217 g/mol. The largest absolute Gasteiger partial charge is 0.319 e. The average Bonchev–Trinajstić information content (AvgIpc) is 2.85. The van der Waals surface area contributed by atoms with Crippen LogP contribution in [0.15, 0.2) is 29.9 Å². The minimum Gasteiger partial charge on any atom is -0.319 e. The van der Waals surface area contributed by atoms with E-state index in [0.29, 0.717) is 0 Å². The predicted octanol–water partition coefficient (Wildman–Crippen LogP) is 2.15. The maximum Gasteiger partial charge on any atom is 0.113 e. The van der Waals surface area contributed by atoms with E-state index in [1.54, 1.807) is 23.7 Å². The van der Waals surface area contributed by atoms with Crippen molar-refractivity contribution < 1.29 is 0 Å². The van der Waals surface area contributed by atoms with Gasteiger partial charge in [0, 0.05) is 23.3 Å². The summed E-state index contributed by atoms with van der Waals surface area (Å²) in [6.07, 6.45) is 5.69. The standard InChI is InChI=1S/C11H11N3S/c12-11(3-4-11)10-14-9(7-15-10)8-1-5-13-6-2-8/h1-2,5-7H,3-4,12H2. The van der Waals surface area contributed by atoms with E-state index in [1.165, 1.54) is 0 Å². The Morgan fingerprint density at radius 1 is 1.27 bits per heavy atom. The van der Waals surface area contributed by atoms with Gasteiger partial charge in [0.1, 0.15) is 5.01 Å². The van der Waals surface area contributed by atoms with Crippen LogP contribution in [0, 0.1) is 0 Å². The Kier molecular flexibility index (Phi) is 1.87. The highest BCUT2D eigenvalue weighted by Crippen LogP contribution is 2.44. The van der Waals surface area contributed by atoms with Crippen molar-refractivity contribution in [2.45, 2.75) is 18.4 Å². The molecule has 3 rings (SSSR count). The topological polar surface area (TPSA) is 51.8 Å². The fourth-order valence-corrected chi connectivity index (χ4v) is 2.51. The molecular formula is C11H11N3S. The Labute approximate surface area is 92.0 Å². The van der Waals surface area contributed by atoms with E-state index in [-0.39, 0.29) is 5.54 Å². The highest BCUT2D eigenvalue weighted by Gasteiger charge is 2.42. The van der Waals surface area contributed by atoms with Gasteiger partial charge in [0.05, 0.1) is 11.2 Å². The lowest BCUT2D eigenvalue weighted by Gasteiger charge is -2.01. The van der Waals surface area contributed by atoms with Crippen LogP contribution in [0.25, 0.3) is 11.3 Å². The van der Waals surface area contributed by atoms with Crippen molar-refractivity contribution in [3.05, 3.63) is 34.9 Å². The first-order valence-corrected chi connectivity index (χ1v) is 5.81. The molecule has 2 heterocycles. The number of rotatable bonds is 2. The number of nitrogens with zero attached hydrogens (tertiary/aromatic N) is 2. The maximum absolute atomic E-state index is 6.09. The summed E-state index contributed by atoms with van der Waals surface area (Å²) in [5.74, 6) is 0. The summed E-state index contributed by atoms with van der Waals surface area (Å²) in [4.78, 5) is 8.57. The summed E-state index contributed by atoms with van der Waals surface area (Å²) in [6.45, 7) is 0. The second kappa shape index (κ2) is 3.12. The third-order valence-electron chi connectivity index (χ3n) is 2.69. The normalized spacial score (nSPS) is 17.7. The van der Waals surface area contributed by atoms with Crippen molar-refractivity contribution in [3.63, 3.8) is 0 Å². The second-order valence-electron chi connectivity index (χ2n) is 3.93. The van der Waals surface area contributed by atoms with Gasteiger partial charge in [-0.1, -0.05) is 0 Å². The van der Waals surface area contributed by atoms with Gasteiger partial charge in [0.15, 0.2) is 0 Å². The number of hydrogen-bond donors (Lipinski definition) is 1. The van der Waals surface area contributed by atoms with E-state index in [1.807, 2.05) is 12.1 Å². The van der Waals surface area contributed by atoms with Crippen LogP contribution < -0.4 is 5.73 Å². The first kappa shape index (κ1) is 9.00. The fourth-order valence-electron chi connectivity index (χ4n) is 1.51. The molecule has 0 aromatic carbocycles. The summed E-state index contributed by atoms with van der Waals surface area (Å²) in [6, 6.07) is 3.93. The lowest BCUT2D eigenvalue weighted by molar-refractivity contribution is 0.732. The van der Waals surface area contributed by atoms with Gasteiger partial charge in [0.25, 0.3) is 0 Å². The zero-order chi connectivity index (χ0) is 10.3. The van der Waals surface area contributed by atoms with E-state index >= 15 is 0 Å². The Hall–Kier alpha value is -1.26. The molecule has 2 aromatic heterocycles. The minimum atomic E-state index is -0.115. The first-order valence-electron chi connectivity index (χ1n) is 4.93. The zero-order valence-corrected chi connectivity index (χ0v) is 9.00. The molecule has 76 valence electrons. The molecule has 1 fully saturated rings. The van der Waals surface area contributed by atoms with Gasteiger partial charge in [-0.2, -0.15) is 0 Å². The molecule has 1 aliphatic rings. The predicted molar refractivity (Wildman–Crippen MR) is 60.4 cm³/mol. The average molecular weight is 217 g/mol. The molecule has 2 aromatic rings. The Bertz CT molecular complexity index is 474. The van der Waals surface area contributed by atoms with Crippen molar-refractivity contribution in [2.75, 3.05) is 0 Å². The number of thiazole rings is 1. The highest BCUT2D eigenvalue weighted by atomic mass is 32.1. The van der Waals surface area contributed by atoms with E-state index in [4.69, 9.17) is 5.73 Å². The molecule has 3 nitrogen and oxygen atoms in total. The third-order valence-corrected chi connectivity index (χ3v) is 3.76. The minimum absolute atomic E-state index is 0.115. The van der Waals surface area contributed by atoms with Crippen LogP contribution in [0.5, 0.6) is 0 Å². The molecule has 1 saturated carbocycles. The molecular weight excluding hydrogens is 206 g/mol. The smallest absolute Gasteiger partial charge is 0.113 e. The number of aromatic nitrogens is 2. The van der Waals surface area contributed by atoms with Gasteiger partial charge in [-0.3, -0.25) is 4.98 Å². The second-order valence-corrected chi connectivity index (χ2v) is 4.79. The van der Waals surface area contributed by atoms with E-state index in [0.717, 1.165) is 29.1 Å². The summed E-state index contributed by atoms with van der Waals surface area (Å²) in [5.41, 5.74) is 8.10. The molecule has 4 heteroatoms. The molecule has 0 amide bonds. The van der Waals surface area contributed by atoms with Crippen molar-refractivity contribution in [2.24, 2.45) is 5.73 Å². The molecule has 0 aliphatic heterocycles. The van der Waals surface area contributed by atoms with Gasteiger partial charge in [-0.25, -0.2) is 4.98 Å². The van der Waals surface area contributed by atoms with Crippen molar-refractivity contribution in [1.29, 1.82) is 0 Å². The molecule has 0 bridgehead atoms. The molecule has 0 radical (unpaired) electrons. The summed E-state index contributed by atoms with van der Waals surface area (Å²) in [7, 11) is 0. The van der Waals surface area contributed by atoms with E-state index in [2.05, 4.69) is 15.3 Å². The molecule has 2 N–H and O–H groups in total. The number of pyridine rings is 1. The summed E-state index contributed by atoms with van der Waals surface area (Å²) >= 11 is 1.66. The molecule has 15 heavy (non-hydrogen) atoms. The fraction of sp³-hybridized carbons (Fsp3) is 0.273. The lowest BCUT2D eigenvalue weighted by Crippen LogP contribution is -2.18. The van der Waals surface area contributed by atoms with Crippen molar-refractivity contribution in [3.8, 4) is 11.3 Å². The first-order chi connectivity index (χ1) is 7.28. The molecule has 0 atom stereocenters. The van der Waals surface area contributed by atoms with E-state index < -0.39 is 0 Å².